The van der Waals surface area contributed by atoms with Gasteiger partial charge >= 0.3 is 0 Å². The highest BCUT2D eigenvalue weighted by atomic mass is 16.5. The summed E-state index contributed by atoms with van der Waals surface area (Å²) in [7, 11) is 1.56. The Hall–Kier alpha value is -1.32. The monoisotopic (exact) mass is 210 g/mol. The summed E-state index contributed by atoms with van der Waals surface area (Å²) in [6.45, 7) is 6.69. The van der Waals surface area contributed by atoms with E-state index in [2.05, 4.69) is 5.10 Å². The van der Waals surface area contributed by atoms with Crippen molar-refractivity contribution in [3.63, 3.8) is 0 Å². The van der Waals surface area contributed by atoms with Crippen molar-refractivity contribution in [2.75, 3.05) is 7.11 Å². The highest BCUT2D eigenvalue weighted by molar-refractivity contribution is 5.97. The summed E-state index contributed by atoms with van der Waals surface area (Å²) in [5.41, 5.74) is 0.591. The highest BCUT2D eigenvalue weighted by Crippen LogP contribution is 2.20. The minimum atomic E-state index is 0.0983. The molecular weight excluding hydrogens is 192 g/mol. The zero-order chi connectivity index (χ0) is 11.4. The van der Waals surface area contributed by atoms with Gasteiger partial charge in [-0.25, -0.2) is 0 Å². The summed E-state index contributed by atoms with van der Waals surface area (Å²) in [6.07, 6.45) is 2.12. The van der Waals surface area contributed by atoms with E-state index in [4.69, 9.17) is 4.74 Å². The number of methoxy groups -OCH3 is 1. The second kappa shape index (κ2) is 4.96. The molecule has 1 heterocycles. The van der Waals surface area contributed by atoms with Crippen molar-refractivity contribution in [1.82, 2.24) is 9.78 Å². The van der Waals surface area contributed by atoms with Gasteiger partial charge in [0.25, 0.3) is 0 Å². The summed E-state index contributed by atoms with van der Waals surface area (Å²) >= 11 is 0. The molecule has 0 atom stereocenters. The summed E-state index contributed by atoms with van der Waals surface area (Å²) in [4.78, 5) is 11.9. The van der Waals surface area contributed by atoms with Crippen LogP contribution in [0.5, 0.6) is 5.75 Å². The van der Waals surface area contributed by atoms with E-state index in [1.807, 2.05) is 20.8 Å². The number of carbonyl (C=O) groups excluding carboxylic acids is 1. The molecule has 0 bridgehead atoms. The van der Waals surface area contributed by atoms with Crippen LogP contribution in [0.3, 0.4) is 0 Å². The van der Waals surface area contributed by atoms with Crippen molar-refractivity contribution in [2.45, 2.75) is 33.7 Å². The molecule has 0 amide bonds. The first-order chi connectivity index (χ1) is 7.10. The largest absolute Gasteiger partial charge is 0.493 e. The Morgan fingerprint density at radius 1 is 1.60 bits per heavy atom. The van der Waals surface area contributed by atoms with Crippen LogP contribution in [-0.4, -0.2) is 22.7 Å². The van der Waals surface area contributed by atoms with Gasteiger partial charge in [-0.2, -0.15) is 5.10 Å². The smallest absolute Gasteiger partial charge is 0.184 e. The molecule has 4 nitrogen and oxygen atoms in total. The first kappa shape index (κ1) is 11.8. The predicted octanol–water partition coefficient (Wildman–Crippen LogP) is 2.14. The van der Waals surface area contributed by atoms with Crippen molar-refractivity contribution in [2.24, 2.45) is 5.92 Å². The summed E-state index contributed by atoms with van der Waals surface area (Å²) in [5.74, 6) is 1.02. The van der Waals surface area contributed by atoms with Gasteiger partial charge in [0.05, 0.1) is 13.3 Å². The molecule has 15 heavy (non-hydrogen) atoms. The molecule has 0 aromatic carbocycles. The van der Waals surface area contributed by atoms with Crippen LogP contribution < -0.4 is 4.74 Å². The summed E-state index contributed by atoms with van der Waals surface area (Å²) in [5, 5.41) is 4.10. The van der Waals surface area contributed by atoms with Crippen LogP contribution in [0.15, 0.2) is 6.20 Å². The predicted molar refractivity (Wildman–Crippen MR) is 58.2 cm³/mol. The lowest BCUT2D eigenvalue weighted by Gasteiger charge is -2.07. The van der Waals surface area contributed by atoms with Gasteiger partial charge in [0, 0.05) is 13.0 Å². The van der Waals surface area contributed by atoms with Gasteiger partial charge in [0.15, 0.2) is 11.5 Å². The third-order valence-corrected chi connectivity index (χ3v) is 2.18. The molecule has 1 aromatic heterocycles. The van der Waals surface area contributed by atoms with Crippen LogP contribution in [0, 0.1) is 5.92 Å². The van der Waals surface area contributed by atoms with Crippen LogP contribution in [0.4, 0.5) is 0 Å². The Morgan fingerprint density at radius 3 is 2.73 bits per heavy atom. The van der Waals surface area contributed by atoms with Gasteiger partial charge in [0.2, 0.25) is 0 Å². The van der Waals surface area contributed by atoms with Crippen LogP contribution in [0.1, 0.15) is 37.7 Å². The van der Waals surface area contributed by atoms with E-state index in [1.165, 1.54) is 0 Å². The Bertz CT molecular complexity index is 321. The number of Topliss-reactive ketones (excluding diaryl/α,β-unsaturated/α-hetero) is 1. The van der Waals surface area contributed by atoms with Gasteiger partial charge in [-0.1, -0.05) is 13.8 Å². The quantitative estimate of drug-likeness (QED) is 0.699. The van der Waals surface area contributed by atoms with E-state index in [0.717, 1.165) is 0 Å². The molecule has 0 saturated heterocycles. The number of aryl methyl sites for hydroxylation is 1. The minimum Gasteiger partial charge on any atom is -0.493 e. The molecule has 0 aliphatic carbocycles. The molecule has 1 rings (SSSR count). The molecule has 0 unspecified atom stereocenters. The Kier molecular flexibility index (Phi) is 3.88. The Labute approximate surface area is 90.2 Å². The van der Waals surface area contributed by atoms with E-state index in [1.54, 1.807) is 18.0 Å². The van der Waals surface area contributed by atoms with Gasteiger partial charge < -0.3 is 4.74 Å². The van der Waals surface area contributed by atoms with Gasteiger partial charge in [-0.3, -0.25) is 9.48 Å². The zero-order valence-electron chi connectivity index (χ0n) is 9.78. The Balaban J connectivity index is 2.99. The lowest BCUT2D eigenvalue weighted by molar-refractivity contribution is 0.0954. The summed E-state index contributed by atoms with van der Waals surface area (Å²) in [6, 6.07) is 0. The molecule has 1 aromatic rings. The average Bonchev–Trinajstić information content (AvgIpc) is 2.58. The number of hydrogen-bond acceptors (Lipinski definition) is 3. The number of aromatic nitrogens is 2. The lowest BCUT2D eigenvalue weighted by atomic mass is 10.0. The molecule has 0 N–H and O–H groups in total. The first-order valence-corrected chi connectivity index (χ1v) is 5.23. The van der Waals surface area contributed by atoms with Crippen molar-refractivity contribution >= 4 is 5.78 Å². The molecule has 0 aliphatic heterocycles. The second-order valence-electron chi connectivity index (χ2n) is 3.90. The summed E-state index contributed by atoms with van der Waals surface area (Å²) < 4.78 is 6.81. The molecule has 4 heteroatoms. The van der Waals surface area contributed by atoms with E-state index in [-0.39, 0.29) is 5.78 Å². The third kappa shape index (κ3) is 2.58. The number of carbonyl (C=O) groups is 1. The number of ketones is 1. The van der Waals surface area contributed by atoms with E-state index in [9.17, 15) is 4.79 Å². The molecule has 0 fully saturated rings. The molecular formula is C11H18N2O2. The van der Waals surface area contributed by atoms with Gasteiger partial charge in [-0.05, 0) is 12.8 Å². The maximum absolute atomic E-state index is 11.9. The maximum atomic E-state index is 11.9. The van der Waals surface area contributed by atoms with Crippen LogP contribution >= 0.6 is 0 Å². The van der Waals surface area contributed by atoms with Gasteiger partial charge in [-0.15, -0.1) is 0 Å². The van der Waals surface area contributed by atoms with Crippen LogP contribution in [0.2, 0.25) is 0 Å². The standard InChI is InChI=1S/C11H18N2O2/c1-5-13-11(9(14)6-8(2)3)10(15-4)7-12-13/h7-8H,5-6H2,1-4H3. The number of nitrogens with zero attached hydrogens (tertiary/aromatic N) is 2. The zero-order valence-corrected chi connectivity index (χ0v) is 9.78. The average molecular weight is 210 g/mol. The van der Waals surface area contributed by atoms with Gasteiger partial charge in [0.1, 0.15) is 5.69 Å². The third-order valence-electron chi connectivity index (χ3n) is 2.18. The van der Waals surface area contributed by atoms with Crippen LogP contribution in [-0.2, 0) is 6.54 Å². The maximum Gasteiger partial charge on any atom is 0.184 e. The molecule has 84 valence electrons. The first-order valence-electron chi connectivity index (χ1n) is 5.23. The SMILES string of the molecule is CCn1ncc(OC)c1C(=O)CC(C)C. The molecule has 0 radical (unpaired) electrons. The van der Waals surface area contributed by atoms with Crippen molar-refractivity contribution < 1.29 is 9.53 Å². The van der Waals surface area contributed by atoms with Crippen LogP contribution in [0.25, 0.3) is 0 Å². The normalized spacial score (nSPS) is 10.7. The fourth-order valence-electron chi connectivity index (χ4n) is 1.51. The Morgan fingerprint density at radius 2 is 2.27 bits per heavy atom. The fourth-order valence-corrected chi connectivity index (χ4v) is 1.51. The molecule has 0 spiro atoms. The van der Waals surface area contributed by atoms with E-state index >= 15 is 0 Å². The van der Waals surface area contributed by atoms with Crippen molar-refractivity contribution in [3.05, 3.63) is 11.9 Å². The molecule has 0 saturated carbocycles. The van der Waals surface area contributed by atoms with E-state index < -0.39 is 0 Å². The topological polar surface area (TPSA) is 44.1 Å². The molecule has 0 aliphatic rings. The van der Waals surface area contributed by atoms with Crippen molar-refractivity contribution in [3.8, 4) is 5.75 Å². The fraction of sp³-hybridized carbons (Fsp3) is 0.636. The highest BCUT2D eigenvalue weighted by Gasteiger charge is 2.19. The second-order valence-corrected chi connectivity index (χ2v) is 3.90. The van der Waals surface area contributed by atoms with Crippen molar-refractivity contribution in [1.29, 1.82) is 0 Å². The lowest BCUT2D eigenvalue weighted by Crippen LogP contribution is -2.12. The number of hydrogen-bond donors (Lipinski definition) is 0. The minimum absolute atomic E-state index is 0.0983. The number of rotatable bonds is 5. The van der Waals surface area contributed by atoms with E-state index in [0.29, 0.717) is 30.3 Å². The number of ether oxygens (including phenoxy) is 1.